The van der Waals surface area contributed by atoms with Crippen LogP contribution in [0.4, 0.5) is 0 Å². The first kappa shape index (κ1) is 20.9. The van der Waals surface area contributed by atoms with Crippen molar-refractivity contribution in [2.75, 3.05) is 27.4 Å². The molecule has 2 atom stereocenters. The molecule has 4 rings (SSSR count). The van der Waals surface area contributed by atoms with E-state index >= 15 is 0 Å². The zero-order valence-electron chi connectivity index (χ0n) is 17.5. The number of benzene rings is 2. The minimum Gasteiger partial charge on any atom is -0.507 e. The largest absolute Gasteiger partial charge is 0.507 e. The number of hydrogen-bond donors (Lipinski definition) is 1. The Labute approximate surface area is 180 Å². The van der Waals surface area contributed by atoms with Gasteiger partial charge in [-0.2, -0.15) is 0 Å². The van der Waals surface area contributed by atoms with E-state index in [-0.39, 0.29) is 24.0 Å². The first-order chi connectivity index (χ1) is 15.0. The summed E-state index contributed by atoms with van der Waals surface area (Å²) in [6, 6.07) is 13.1. The lowest BCUT2D eigenvalue weighted by molar-refractivity contribution is -0.140. The van der Waals surface area contributed by atoms with Crippen LogP contribution in [0, 0.1) is 0 Å². The van der Waals surface area contributed by atoms with Crippen molar-refractivity contribution in [3.63, 3.8) is 0 Å². The first-order valence-electron chi connectivity index (χ1n) is 10.2. The topological polar surface area (TPSA) is 85.3 Å². The molecule has 2 aromatic carbocycles. The Morgan fingerprint density at radius 1 is 1.13 bits per heavy atom. The zero-order chi connectivity index (χ0) is 22.0. The molecule has 0 radical (unpaired) electrons. The summed E-state index contributed by atoms with van der Waals surface area (Å²) in [6.45, 7) is 0.894. The highest BCUT2D eigenvalue weighted by atomic mass is 16.5. The predicted molar refractivity (Wildman–Crippen MR) is 114 cm³/mol. The van der Waals surface area contributed by atoms with Gasteiger partial charge in [0, 0.05) is 30.3 Å². The average molecular weight is 423 g/mol. The molecule has 162 valence electrons. The van der Waals surface area contributed by atoms with E-state index in [4.69, 9.17) is 14.2 Å². The highest BCUT2D eigenvalue weighted by Crippen LogP contribution is 2.44. The fourth-order valence-corrected chi connectivity index (χ4v) is 4.20. The van der Waals surface area contributed by atoms with Crippen LogP contribution < -0.4 is 9.47 Å². The quantitative estimate of drug-likeness (QED) is 0.436. The number of methoxy groups -OCH3 is 2. The summed E-state index contributed by atoms with van der Waals surface area (Å²) < 4.78 is 16.6. The second-order valence-corrected chi connectivity index (χ2v) is 7.56. The molecule has 2 aliphatic rings. The zero-order valence-corrected chi connectivity index (χ0v) is 17.5. The molecule has 2 aliphatic heterocycles. The first-order valence-corrected chi connectivity index (χ1v) is 10.2. The van der Waals surface area contributed by atoms with Crippen LogP contribution in [0.5, 0.6) is 11.5 Å². The van der Waals surface area contributed by atoms with Crippen molar-refractivity contribution in [1.29, 1.82) is 0 Å². The van der Waals surface area contributed by atoms with Crippen LogP contribution in [0.2, 0.25) is 0 Å². The third kappa shape index (κ3) is 3.88. The highest BCUT2D eigenvalue weighted by molar-refractivity contribution is 6.46. The van der Waals surface area contributed by atoms with Crippen molar-refractivity contribution in [3.05, 3.63) is 65.2 Å². The van der Waals surface area contributed by atoms with Crippen LogP contribution in [0.3, 0.4) is 0 Å². The minimum atomic E-state index is -0.801. The number of ether oxygens (including phenoxy) is 3. The van der Waals surface area contributed by atoms with E-state index in [9.17, 15) is 14.7 Å². The number of Topliss-reactive ketones (excluding diaryl/α,β-unsaturated/α-hetero) is 1. The molecule has 7 nitrogen and oxygen atoms in total. The molecular weight excluding hydrogens is 398 g/mol. The Balaban J connectivity index is 1.87. The summed E-state index contributed by atoms with van der Waals surface area (Å²) in [5.74, 6) is -0.544. The molecule has 0 bridgehead atoms. The predicted octanol–water partition coefficient (Wildman–Crippen LogP) is 3.30. The normalized spacial score (nSPS) is 22.7. The number of rotatable bonds is 6. The molecule has 2 saturated heterocycles. The molecular formula is C24H25NO6. The van der Waals surface area contributed by atoms with Crippen LogP contribution in [0.1, 0.15) is 30.0 Å². The maximum absolute atomic E-state index is 13.1. The van der Waals surface area contributed by atoms with Crippen molar-refractivity contribution in [1.82, 2.24) is 4.90 Å². The van der Waals surface area contributed by atoms with E-state index in [0.717, 1.165) is 12.8 Å². The second-order valence-electron chi connectivity index (χ2n) is 7.56. The number of nitrogens with zero attached hydrogens (tertiary/aromatic N) is 1. The fraction of sp³-hybridized carbons (Fsp3) is 0.333. The average Bonchev–Trinajstić information content (AvgIpc) is 3.41. The van der Waals surface area contributed by atoms with Crippen molar-refractivity contribution in [2.45, 2.75) is 25.0 Å². The molecule has 0 aromatic heterocycles. The fourth-order valence-electron chi connectivity index (χ4n) is 4.20. The van der Waals surface area contributed by atoms with Gasteiger partial charge >= 0.3 is 0 Å². The number of ketones is 1. The van der Waals surface area contributed by atoms with Gasteiger partial charge in [0.2, 0.25) is 0 Å². The van der Waals surface area contributed by atoms with Crippen LogP contribution in [-0.2, 0) is 14.3 Å². The highest BCUT2D eigenvalue weighted by Gasteiger charge is 2.48. The number of aliphatic hydroxyl groups is 1. The summed E-state index contributed by atoms with van der Waals surface area (Å²) in [7, 11) is 3.06. The number of carbonyl (C=O) groups excluding carboxylic acids is 2. The van der Waals surface area contributed by atoms with Gasteiger partial charge in [-0.1, -0.05) is 30.3 Å². The SMILES string of the molecule is COc1ccc([C@H]2C(=C(O)c3ccccc3)C(=O)C(=O)N2C[C@H]2CCCO2)c(OC)c1. The molecule has 0 unspecified atom stereocenters. The summed E-state index contributed by atoms with van der Waals surface area (Å²) in [5.41, 5.74) is 1.10. The Hall–Kier alpha value is -3.32. The third-order valence-electron chi connectivity index (χ3n) is 5.75. The molecule has 2 heterocycles. The molecule has 31 heavy (non-hydrogen) atoms. The molecule has 2 fully saturated rings. The Bertz CT molecular complexity index is 1010. The van der Waals surface area contributed by atoms with Gasteiger partial charge in [-0.25, -0.2) is 0 Å². The van der Waals surface area contributed by atoms with Crippen LogP contribution in [-0.4, -0.2) is 55.2 Å². The van der Waals surface area contributed by atoms with Crippen LogP contribution in [0.25, 0.3) is 5.76 Å². The Morgan fingerprint density at radius 2 is 1.90 bits per heavy atom. The Morgan fingerprint density at radius 3 is 2.55 bits per heavy atom. The standard InChI is InChI=1S/C24H25NO6/c1-29-16-10-11-18(19(13-16)30-2)21-20(22(26)15-7-4-3-5-8-15)23(27)24(28)25(21)14-17-9-6-12-31-17/h3-5,7-8,10-11,13,17,21,26H,6,9,12,14H2,1-2H3/t17-,21+/m1/s1. The maximum Gasteiger partial charge on any atom is 0.295 e. The number of likely N-dealkylation sites (tertiary alicyclic amines) is 1. The van der Waals surface area contributed by atoms with Crippen molar-refractivity contribution in [2.24, 2.45) is 0 Å². The number of hydrogen-bond acceptors (Lipinski definition) is 6. The van der Waals surface area contributed by atoms with Gasteiger partial charge in [-0.3, -0.25) is 9.59 Å². The van der Waals surface area contributed by atoms with Gasteiger partial charge in [0.05, 0.1) is 31.9 Å². The lowest BCUT2D eigenvalue weighted by Gasteiger charge is -2.28. The van der Waals surface area contributed by atoms with E-state index < -0.39 is 17.7 Å². The maximum atomic E-state index is 13.1. The van der Waals surface area contributed by atoms with Crippen LogP contribution >= 0.6 is 0 Å². The van der Waals surface area contributed by atoms with E-state index in [2.05, 4.69) is 0 Å². The monoisotopic (exact) mass is 423 g/mol. The lowest BCUT2D eigenvalue weighted by Crippen LogP contribution is -2.36. The van der Waals surface area contributed by atoms with E-state index in [1.165, 1.54) is 12.0 Å². The van der Waals surface area contributed by atoms with Gasteiger partial charge < -0.3 is 24.2 Å². The van der Waals surface area contributed by atoms with Crippen molar-refractivity contribution in [3.8, 4) is 11.5 Å². The Kier molecular flexibility index (Phi) is 5.95. The molecule has 0 aliphatic carbocycles. The number of aliphatic hydroxyl groups excluding tert-OH is 1. The van der Waals surface area contributed by atoms with Gasteiger partial charge in [-0.05, 0) is 25.0 Å². The van der Waals surface area contributed by atoms with Crippen LogP contribution in [0.15, 0.2) is 54.1 Å². The van der Waals surface area contributed by atoms with E-state index in [0.29, 0.717) is 29.2 Å². The molecule has 7 heteroatoms. The molecule has 0 spiro atoms. The van der Waals surface area contributed by atoms with Gasteiger partial charge in [0.1, 0.15) is 17.3 Å². The lowest BCUT2D eigenvalue weighted by atomic mass is 9.94. The third-order valence-corrected chi connectivity index (χ3v) is 5.75. The van der Waals surface area contributed by atoms with E-state index in [1.54, 1.807) is 49.6 Å². The summed E-state index contributed by atoms with van der Waals surface area (Å²) >= 11 is 0. The van der Waals surface area contributed by atoms with Crippen molar-refractivity contribution < 1.29 is 28.9 Å². The number of amides is 1. The summed E-state index contributed by atoms with van der Waals surface area (Å²) in [6.07, 6.45) is 1.57. The molecule has 0 saturated carbocycles. The van der Waals surface area contributed by atoms with E-state index in [1.807, 2.05) is 6.07 Å². The van der Waals surface area contributed by atoms with Gasteiger partial charge in [0.25, 0.3) is 11.7 Å². The number of carbonyl (C=O) groups is 2. The molecule has 1 N–H and O–H groups in total. The van der Waals surface area contributed by atoms with Gasteiger partial charge in [0.15, 0.2) is 0 Å². The summed E-state index contributed by atoms with van der Waals surface area (Å²) in [5, 5.41) is 11.1. The van der Waals surface area contributed by atoms with Crippen molar-refractivity contribution >= 4 is 17.4 Å². The second kappa shape index (κ2) is 8.81. The molecule has 1 amide bonds. The summed E-state index contributed by atoms with van der Waals surface area (Å²) in [4.78, 5) is 27.6. The smallest absolute Gasteiger partial charge is 0.295 e. The molecule has 2 aromatic rings. The minimum absolute atomic E-state index is 0.0395. The van der Waals surface area contributed by atoms with Gasteiger partial charge in [-0.15, -0.1) is 0 Å².